The number of H-pyrrole nitrogens is 1. The second-order valence-corrected chi connectivity index (χ2v) is 6.55. The van der Waals surface area contributed by atoms with Crippen LogP contribution in [0.1, 0.15) is 39.6 Å². The lowest BCUT2D eigenvalue weighted by molar-refractivity contribution is 0.0920. The van der Waals surface area contributed by atoms with Gasteiger partial charge in [0.1, 0.15) is 17.3 Å². The maximum Gasteiger partial charge on any atom is 0.268 e. The Hall–Kier alpha value is -2.82. The lowest BCUT2D eigenvalue weighted by Gasteiger charge is -2.28. The van der Waals surface area contributed by atoms with Crippen molar-refractivity contribution in [2.24, 2.45) is 0 Å². The van der Waals surface area contributed by atoms with Gasteiger partial charge in [-0.25, -0.2) is 4.39 Å². The van der Waals surface area contributed by atoms with Crippen molar-refractivity contribution in [3.8, 4) is 5.75 Å². The van der Waals surface area contributed by atoms with Gasteiger partial charge in [-0.05, 0) is 37.6 Å². The van der Waals surface area contributed by atoms with Crippen LogP contribution in [0.4, 0.5) is 4.39 Å². The van der Waals surface area contributed by atoms with Crippen LogP contribution in [0.2, 0.25) is 0 Å². The molecule has 0 saturated carbocycles. The molecular weight excluding hydrogens is 319 g/mol. The summed E-state index contributed by atoms with van der Waals surface area (Å²) < 4.78 is 19.6. The molecular formula is C20H19FN2O2. The summed E-state index contributed by atoms with van der Waals surface area (Å²) in [6, 6.07) is 10.3. The normalized spacial score (nSPS) is 16.4. The Morgan fingerprint density at radius 2 is 2.12 bits per heavy atom. The number of hydrogen-bond acceptors (Lipinski definition) is 2. The van der Waals surface area contributed by atoms with Crippen molar-refractivity contribution in [3.05, 3.63) is 64.6 Å². The average Bonchev–Trinajstić information content (AvgIpc) is 3.01. The largest absolute Gasteiger partial charge is 0.493 e. The zero-order valence-electron chi connectivity index (χ0n) is 14.2. The molecule has 1 aliphatic rings. The number of nitrogens with one attached hydrogen (secondary N) is 2. The number of aromatic nitrogens is 1. The third kappa shape index (κ3) is 2.76. The van der Waals surface area contributed by atoms with Gasteiger partial charge in [-0.2, -0.15) is 0 Å². The van der Waals surface area contributed by atoms with E-state index in [1.807, 2.05) is 13.8 Å². The predicted molar refractivity (Wildman–Crippen MR) is 94.5 cm³/mol. The van der Waals surface area contributed by atoms with Gasteiger partial charge >= 0.3 is 0 Å². The first-order valence-electron chi connectivity index (χ1n) is 8.35. The minimum absolute atomic E-state index is 0.119. The standard InChI is InChI=1S/C20H19FN2O2/c1-11-8-12(2)19-14(9-11)17(6-7-25-19)23-20(24)18-10-13-15(21)4-3-5-16(13)22-18/h3-5,8-10,17,22H,6-7H2,1-2H3,(H,23,24). The van der Waals surface area contributed by atoms with E-state index in [2.05, 4.69) is 22.4 Å². The number of carbonyl (C=O) groups excluding carboxylic acids is 1. The highest BCUT2D eigenvalue weighted by Crippen LogP contribution is 2.36. The van der Waals surface area contributed by atoms with Gasteiger partial charge in [0, 0.05) is 22.9 Å². The quantitative estimate of drug-likeness (QED) is 0.736. The molecule has 0 fully saturated rings. The molecule has 4 rings (SSSR count). The van der Waals surface area contributed by atoms with E-state index < -0.39 is 0 Å². The lowest BCUT2D eigenvalue weighted by Crippen LogP contribution is -2.32. The van der Waals surface area contributed by atoms with E-state index in [1.165, 1.54) is 6.07 Å². The van der Waals surface area contributed by atoms with Crippen LogP contribution in [-0.2, 0) is 0 Å². The van der Waals surface area contributed by atoms with E-state index in [-0.39, 0.29) is 17.8 Å². The molecule has 0 spiro atoms. The van der Waals surface area contributed by atoms with E-state index in [0.717, 1.165) is 22.4 Å². The first-order valence-corrected chi connectivity index (χ1v) is 8.35. The number of amides is 1. The molecule has 5 heteroatoms. The molecule has 1 aromatic heterocycles. The highest BCUT2D eigenvalue weighted by molar-refractivity contribution is 5.98. The summed E-state index contributed by atoms with van der Waals surface area (Å²) >= 11 is 0. The van der Waals surface area contributed by atoms with Crippen LogP contribution in [0, 0.1) is 19.7 Å². The number of halogens is 1. The van der Waals surface area contributed by atoms with Crippen molar-refractivity contribution in [1.82, 2.24) is 10.3 Å². The third-order valence-corrected chi connectivity index (χ3v) is 4.64. The first-order chi connectivity index (χ1) is 12.0. The van der Waals surface area contributed by atoms with Crippen LogP contribution in [0.15, 0.2) is 36.4 Å². The molecule has 0 aliphatic carbocycles. The van der Waals surface area contributed by atoms with Crippen LogP contribution in [0.3, 0.4) is 0 Å². The number of carbonyl (C=O) groups is 1. The maximum atomic E-state index is 13.8. The van der Waals surface area contributed by atoms with Crippen LogP contribution in [0.25, 0.3) is 10.9 Å². The number of rotatable bonds is 2. The minimum Gasteiger partial charge on any atom is -0.493 e. The summed E-state index contributed by atoms with van der Waals surface area (Å²) in [4.78, 5) is 15.7. The van der Waals surface area contributed by atoms with Gasteiger partial charge in [0.05, 0.1) is 12.6 Å². The van der Waals surface area contributed by atoms with Gasteiger partial charge in [0.2, 0.25) is 0 Å². The zero-order valence-corrected chi connectivity index (χ0v) is 14.2. The molecule has 1 amide bonds. The average molecular weight is 338 g/mol. The van der Waals surface area contributed by atoms with Gasteiger partial charge in [-0.1, -0.05) is 23.8 Å². The first kappa shape index (κ1) is 15.7. The molecule has 1 aliphatic heterocycles. The van der Waals surface area contributed by atoms with E-state index in [1.54, 1.807) is 18.2 Å². The molecule has 1 unspecified atom stereocenters. The van der Waals surface area contributed by atoms with Crippen LogP contribution < -0.4 is 10.1 Å². The Balaban J connectivity index is 1.64. The van der Waals surface area contributed by atoms with E-state index in [9.17, 15) is 9.18 Å². The highest BCUT2D eigenvalue weighted by Gasteiger charge is 2.25. The highest BCUT2D eigenvalue weighted by atomic mass is 19.1. The van der Waals surface area contributed by atoms with Gasteiger partial charge < -0.3 is 15.0 Å². The molecule has 0 bridgehead atoms. The van der Waals surface area contributed by atoms with Gasteiger partial charge in [-0.15, -0.1) is 0 Å². The smallest absolute Gasteiger partial charge is 0.268 e. The number of aromatic amines is 1. The molecule has 4 nitrogen and oxygen atoms in total. The number of hydrogen-bond donors (Lipinski definition) is 2. The molecule has 0 radical (unpaired) electrons. The van der Waals surface area contributed by atoms with E-state index in [0.29, 0.717) is 29.6 Å². The molecule has 2 heterocycles. The third-order valence-electron chi connectivity index (χ3n) is 4.64. The van der Waals surface area contributed by atoms with Crippen LogP contribution in [0.5, 0.6) is 5.75 Å². The fourth-order valence-electron chi connectivity index (χ4n) is 3.50. The van der Waals surface area contributed by atoms with Gasteiger partial charge in [0.25, 0.3) is 5.91 Å². The fourth-order valence-corrected chi connectivity index (χ4v) is 3.50. The van der Waals surface area contributed by atoms with Crippen molar-refractivity contribution in [3.63, 3.8) is 0 Å². The monoisotopic (exact) mass is 338 g/mol. The molecule has 2 N–H and O–H groups in total. The molecule has 0 saturated heterocycles. The predicted octanol–water partition coefficient (Wildman–Crippen LogP) is 4.18. The molecule has 2 aromatic carbocycles. The number of aryl methyl sites for hydroxylation is 2. The molecule has 128 valence electrons. The van der Waals surface area contributed by atoms with Crippen LogP contribution >= 0.6 is 0 Å². The summed E-state index contributed by atoms with van der Waals surface area (Å²) in [5, 5.41) is 3.48. The Morgan fingerprint density at radius 1 is 1.28 bits per heavy atom. The summed E-state index contributed by atoms with van der Waals surface area (Å²) in [6.07, 6.45) is 0.705. The Kier molecular flexibility index (Phi) is 3.71. The topological polar surface area (TPSA) is 54.1 Å². The van der Waals surface area contributed by atoms with Crippen LogP contribution in [-0.4, -0.2) is 17.5 Å². The van der Waals surface area contributed by atoms with Crippen molar-refractivity contribution in [1.29, 1.82) is 0 Å². The lowest BCUT2D eigenvalue weighted by atomic mass is 9.95. The Labute approximate surface area is 145 Å². The summed E-state index contributed by atoms with van der Waals surface area (Å²) in [6.45, 7) is 4.60. The van der Waals surface area contributed by atoms with Gasteiger partial charge in [-0.3, -0.25) is 4.79 Å². The van der Waals surface area contributed by atoms with Crippen molar-refractivity contribution in [2.75, 3.05) is 6.61 Å². The number of fused-ring (bicyclic) bond motifs is 2. The van der Waals surface area contributed by atoms with Crippen molar-refractivity contribution in [2.45, 2.75) is 26.3 Å². The molecule has 3 aromatic rings. The summed E-state index contributed by atoms with van der Waals surface area (Å²) in [5.74, 6) is 0.271. The fraction of sp³-hybridized carbons (Fsp3) is 0.250. The SMILES string of the molecule is Cc1cc(C)c2c(c1)C(NC(=O)c1cc3c(F)cccc3[nH]1)CCO2. The number of benzene rings is 2. The zero-order chi connectivity index (χ0) is 17.6. The maximum absolute atomic E-state index is 13.8. The number of ether oxygens (including phenoxy) is 1. The van der Waals surface area contributed by atoms with Crippen molar-refractivity contribution < 1.29 is 13.9 Å². The Bertz CT molecular complexity index is 977. The molecule has 1 atom stereocenters. The minimum atomic E-state index is -0.338. The molecule has 25 heavy (non-hydrogen) atoms. The second-order valence-electron chi connectivity index (χ2n) is 6.55. The second kappa shape index (κ2) is 5.92. The van der Waals surface area contributed by atoms with Gasteiger partial charge in [0.15, 0.2) is 0 Å². The van der Waals surface area contributed by atoms with E-state index in [4.69, 9.17) is 4.74 Å². The summed E-state index contributed by atoms with van der Waals surface area (Å²) in [5.41, 5.74) is 4.18. The summed E-state index contributed by atoms with van der Waals surface area (Å²) in [7, 11) is 0. The van der Waals surface area contributed by atoms with E-state index >= 15 is 0 Å². The Morgan fingerprint density at radius 3 is 2.92 bits per heavy atom. The van der Waals surface area contributed by atoms with Crippen molar-refractivity contribution >= 4 is 16.8 Å².